The average Bonchev–Trinajstić information content (AvgIpc) is 2.42. The number of nitrogen functional groups attached to an aromatic ring is 1. The first-order chi connectivity index (χ1) is 9.61. The highest BCUT2D eigenvalue weighted by Gasteiger charge is 2.18. The van der Waals surface area contributed by atoms with Crippen molar-refractivity contribution in [2.75, 3.05) is 17.7 Å². The molecule has 20 heavy (non-hydrogen) atoms. The molecule has 1 amide bonds. The molecule has 0 fully saturated rings. The smallest absolute Gasteiger partial charge is 0.262 e. The maximum atomic E-state index is 11.3. The molecular formula is C14H11BrN2O2S. The molecule has 0 bridgehead atoms. The molecule has 0 aromatic heterocycles. The van der Waals surface area contributed by atoms with Crippen LogP contribution in [0.3, 0.4) is 0 Å². The molecule has 3 rings (SSSR count). The Hall–Kier alpha value is -1.66. The predicted octanol–water partition coefficient (Wildman–Crippen LogP) is 3.51. The Kier molecular flexibility index (Phi) is 3.58. The molecular weight excluding hydrogens is 340 g/mol. The molecule has 2 aromatic carbocycles. The number of fused-ring (bicyclic) bond motifs is 1. The highest BCUT2D eigenvalue weighted by molar-refractivity contribution is 9.10. The molecule has 6 heteroatoms. The van der Waals surface area contributed by atoms with Gasteiger partial charge in [-0.25, -0.2) is 0 Å². The molecule has 1 aliphatic heterocycles. The van der Waals surface area contributed by atoms with Crippen LogP contribution in [0.1, 0.15) is 0 Å². The second kappa shape index (κ2) is 5.38. The Bertz CT molecular complexity index is 674. The Morgan fingerprint density at radius 1 is 1.25 bits per heavy atom. The van der Waals surface area contributed by atoms with E-state index in [0.717, 1.165) is 14.3 Å². The fourth-order valence-electron chi connectivity index (χ4n) is 1.84. The molecule has 0 saturated carbocycles. The molecule has 102 valence electrons. The molecule has 0 saturated heterocycles. The summed E-state index contributed by atoms with van der Waals surface area (Å²) in [5.41, 5.74) is 7.33. The zero-order valence-electron chi connectivity index (χ0n) is 10.4. The molecule has 1 aliphatic rings. The number of halogens is 1. The van der Waals surface area contributed by atoms with Crippen molar-refractivity contribution in [1.29, 1.82) is 0 Å². The van der Waals surface area contributed by atoms with Gasteiger partial charge in [-0.3, -0.25) is 4.79 Å². The monoisotopic (exact) mass is 350 g/mol. The van der Waals surface area contributed by atoms with Crippen molar-refractivity contribution in [3.05, 3.63) is 40.9 Å². The minimum atomic E-state index is -0.151. The molecule has 0 radical (unpaired) electrons. The minimum absolute atomic E-state index is 0.0334. The molecule has 0 unspecified atom stereocenters. The van der Waals surface area contributed by atoms with E-state index in [-0.39, 0.29) is 12.5 Å². The first kappa shape index (κ1) is 13.3. The summed E-state index contributed by atoms with van der Waals surface area (Å²) in [5, 5.41) is 2.78. The Morgan fingerprint density at radius 2 is 2.00 bits per heavy atom. The molecule has 4 nitrogen and oxygen atoms in total. The lowest BCUT2D eigenvalue weighted by Gasteiger charge is -2.19. The third-order valence-electron chi connectivity index (χ3n) is 2.79. The number of nitrogens with one attached hydrogen (secondary N) is 1. The van der Waals surface area contributed by atoms with Crippen LogP contribution in [0.2, 0.25) is 0 Å². The van der Waals surface area contributed by atoms with Crippen LogP contribution >= 0.6 is 27.7 Å². The molecule has 3 N–H and O–H groups in total. The third-order valence-corrected chi connectivity index (χ3v) is 4.40. The number of benzene rings is 2. The van der Waals surface area contributed by atoms with Gasteiger partial charge in [-0.15, -0.1) is 0 Å². The number of rotatable bonds is 2. The van der Waals surface area contributed by atoms with Crippen molar-refractivity contribution >= 4 is 45.0 Å². The quantitative estimate of drug-likeness (QED) is 0.813. The highest BCUT2D eigenvalue weighted by Crippen LogP contribution is 2.39. The fraction of sp³-hybridized carbons (Fsp3) is 0.0714. The lowest BCUT2D eigenvalue weighted by atomic mass is 10.2. The van der Waals surface area contributed by atoms with Crippen LogP contribution in [0.15, 0.2) is 50.7 Å². The predicted molar refractivity (Wildman–Crippen MR) is 83.2 cm³/mol. The molecule has 0 atom stereocenters. The lowest BCUT2D eigenvalue weighted by molar-refractivity contribution is -0.118. The van der Waals surface area contributed by atoms with Gasteiger partial charge in [0.05, 0.1) is 5.69 Å². The number of carbonyl (C=O) groups excluding carboxylic acids is 1. The van der Waals surface area contributed by atoms with E-state index in [4.69, 9.17) is 10.5 Å². The standard InChI is InChI=1S/C14H11BrN2O2S/c15-8-1-3-9(4-2-8)20-13-6-11-12(5-10(13)16)19-7-14(18)17-11/h1-6H,7,16H2,(H,17,18). The van der Waals surface area contributed by atoms with Gasteiger partial charge in [-0.1, -0.05) is 27.7 Å². The fourth-order valence-corrected chi connectivity index (χ4v) is 2.98. The summed E-state index contributed by atoms with van der Waals surface area (Å²) >= 11 is 4.95. The number of hydrogen-bond donors (Lipinski definition) is 2. The van der Waals surface area contributed by atoms with Crippen molar-refractivity contribution in [2.24, 2.45) is 0 Å². The Balaban J connectivity index is 1.91. The van der Waals surface area contributed by atoms with Crippen molar-refractivity contribution in [2.45, 2.75) is 9.79 Å². The summed E-state index contributed by atoms with van der Waals surface area (Å²) < 4.78 is 6.36. The summed E-state index contributed by atoms with van der Waals surface area (Å²) in [6.45, 7) is 0.0334. The summed E-state index contributed by atoms with van der Waals surface area (Å²) in [6, 6.07) is 11.5. The van der Waals surface area contributed by atoms with E-state index >= 15 is 0 Å². The van der Waals surface area contributed by atoms with Gasteiger partial charge in [0.1, 0.15) is 5.75 Å². The van der Waals surface area contributed by atoms with E-state index in [2.05, 4.69) is 21.2 Å². The topological polar surface area (TPSA) is 64.3 Å². The normalized spacial score (nSPS) is 13.3. The van der Waals surface area contributed by atoms with E-state index in [1.165, 1.54) is 0 Å². The highest BCUT2D eigenvalue weighted by atomic mass is 79.9. The van der Waals surface area contributed by atoms with Crippen molar-refractivity contribution in [3.63, 3.8) is 0 Å². The van der Waals surface area contributed by atoms with Crippen LogP contribution in [0, 0.1) is 0 Å². The number of anilines is 2. The molecule has 2 aromatic rings. The van der Waals surface area contributed by atoms with Crippen molar-refractivity contribution in [1.82, 2.24) is 0 Å². The van der Waals surface area contributed by atoms with Gasteiger partial charge in [0.15, 0.2) is 6.61 Å². The number of amides is 1. The number of hydrogen-bond acceptors (Lipinski definition) is 4. The van der Waals surface area contributed by atoms with Crippen LogP contribution in [-0.2, 0) is 4.79 Å². The number of carbonyl (C=O) groups is 1. The molecule has 1 heterocycles. The van der Waals surface area contributed by atoms with E-state index in [1.807, 2.05) is 30.3 Å². The van der Waals surface area contributed by atoms with Gasteiger partial charge in [-0.2, -0.15) is 0 Å². The zero-order valence-corrected chi connectivity index (χ0v) is 12.8. The maximum Gasteiger partial charge on any atom is 0.262 e. The van der Waals surface area contributed by atoms with Crippen LogP contribution in [0.25, 0.3) is 0 Å². The van der Waals surface area contributed by atoms with Gasteiger partial charge in [0, 0.05) is 26.0 Å². The van der Waals surface area contributed by atoms with Crippen LogP contribution in [0.5, 0.6) is 5.75 Å². The first-order valence-electron chi connectivity index (χ1n) is 5.91. The minimum Gasteiger partial charge on any atom is -0.482 e. The number of nitrogens with two attached hydrogens (primary N) is 1. The summed E-state index contributed by atoms with van der Waals surface area (Å²) in [6.07, 6.45) is 0. The zero-order chi connectivity index (χ0) is 14.1. The third kappa shape index (κ3) is 2.76. The maximum absolute atomic E-state index is 11.3. The summed E-state index contributed by atoms with van der Waals surface area (Å²) in [7, 11) is 0. The van der Waals surface area contributed by atoms with Gasteiger partial charge in [-0.05, 0) is 30.3 Å². The second-order valence-electron chi connectivity index (χ2n) is 4.28. The van der Waals surface area contributed by atoms with Gasteiger partial charge < -0.3 is 15.8 Å². The Labute approximate surface area is 128 Å². The SMILES string of the molecule is Nc1cc2c(cc1Sc1ccc(Br)cc1)NC(=O)CO2. The largest absolute Gasteiger partial charge is 0.482 e. The summed E-state index contributed by atoms with van der Waals surface area (Å²) in [5.74, 6) is 0.462. The van der Waals surface area contributed by atoms with Gasteiger partial charge in [0.25, 0.3) is 5.91 Å². The molecule has 0 spiro atoms. The van der Waals surface area contributed by atoms with E-state index < -0.39 is 0 Å². The van der Waals surface area contributed by atoms with Crippen LogP contribution < -0.4 is 15.8 Å². The van der Waals surface area contributed by atoms with Crippen LogP contribution in [0.4, 0.5) is 11.4 Å². The van der Waals surface area contributed by atoms with Crippen LogP contribution in [-0.4, -0.2) is 12.5 Å². The van der Waals surface area contributed by atoms with E-state index in [0.29, 0.717) is 17.1 Å². The number of ether oxygens (including phenoxy) is 1. The van der Waals surface area contributed by atoms with Gasteiger partial charge in [0.2, 0.25) is 0 Å². The van der Waals surface area contributed by atoms with E-state index in [9.17, 15) is 4.79 Å². The Morgan fingerprint density at radius 3 is 2.75 bits per heavy atom. The average molecular weight is 351 g/mol. The van der Waals surface area contributed by atoms with E-state index in [1.54, 1.807) is 17.8 Å². The first-order valence-corrected chi connectivity index (χ1v) is 7.52. The van der Waals surface area contributed by atoms with Crippen molar-refractivity contribution in [3.8, 4) is 5.75 Å². The van der Waals surface area contributed by atoms with Gasteiger partial charge >= 0.3 is 0 Å². The molecule has 0 aliphatic carbocycles. The second-order valence-corrected chi connectivity index (χ2v) is 6.31. The van der Waals surface area contributed by atoms with Crippen molar-refractivity contribution < 1.29 is 9.53 Å². The lowest BCUT2D eigenvalue weighted by Crippen LogP contribution is -2.25. The summed E-state index contributed by atoms with van der Waals surface area (Å²) in [4.78, 5) is 13.3.